The molecule has 1 heterocycles. The second kappa shape index (κ2) is 11.3. The number of anilines is 1. The molecule has 0 radical (unpaired) electrons. The van der Waals surface area contributed by atoms with E-state index in [1.165, 1.54) is 12.1 Å². The lowest BCUT2D eigenvalue weighted by Crippen LogP contribution is -2.41. The number of carbonyl (C=O) groups excluding carboxylic acids is 1. The van der Waals surface area contributed by atoms with Gasteiger partial charge in [0, 0.05) is 12.5 Å². The van der Waals surface area contributed by atoms with Gasteiger partial charge in [0.05, 0.1) is 28.7 Å². The van der Waals surface area contributed by atoms with Crippen molar-refractivity contribution in [1.82, 2.24) is 15.3 Å². The van der Waals surface area contributed by atoms with E-state index in [0.717, 1.165) is 17.2 Å². The van der Waals surface area contributed by atoms with Gasteiger partial charge in [0.15, 0.2) is 0 Å². The van der Waals surface area contributed by atoms with Gasteiger partial charge in [0.25, 0.3) is 11.5 Å². The zero-order valence-electron chi connectivity index (χ0n) is 20.4. The van der Waals surface area contributed by atoms with Crippen LogP contribution >= 0.6 is 0 Å². The van der Waals surface area contributed by atoms with Crippen molar-refractivity contribution in [2.75, 3.05) is 4.90 Å². The van der Waals surface area contributed by atoms with Crippen LogP contribution in [0.1, 0.15) is 47.1 Å². The Kier molecular flexibility index (Phi) is 8.24. The smallest absolute Gasteiger partial charge is 0.326 e. The molecule has 0 aliphatic carbocycles. The van der Waals surface area contributed by atoms with Crippen molar-refractivity contribution in [1.29, 1.82) is 0 Å². The van der Waals surface area contributed by atoms with Crippen LogP contribution < -0.4 is 15.8 Å². The number of nitrogens with zero attached hydrogens (tertiary/aromatic N) is 2. The summed E-state index contributed by atoms with van der Waals surface area (Å²) in [5, 5.41) is 20.6. The normalized spacial score (nSPS) is 11.4. The molecule has 0 bridgehead atoms. The fourth-order valence-corrected chi connectivity index (χ4v) is 3.74. The number of fused-ring (bicyclic) bond motifs is 1. The number of rotatable bonds is 9. The summed E-state index contributed by atoms with van der Waals surface area (Å²) in [6.45, 7) is 5.37. The highest BCUT2D eigenvalue weighted by Gasteiger charge is 2.23. The molecule has 10 nitrogen and oxygen atoms in total. The molecule has 37 heavy (non-hydrogen) atoms. The Balaban J connectivity index is 1.87. The number of carboxylic acids is 2. The number of aromatic nitrogens is 2. The molecule has 0 spiro atoms. The molecule has 192 valence electrons. The van der Waals surface area contributed by atoms with Crippen molar-refractivity contribution in [2.45, 2.75) is 46.2 Å². The van der Waals surface area contributed by atoms with Gasteiger partial charge in [0.2, 0.25) is 0 Å². The zero-order valence-corrected chi connectivity index (χ0v) is 20.4. The highest BCUT2D eigenvalue weighted by Crippen LogP contribution is 2.23. The molecular weight excluding hydrogens is 483 g/mol. The van der Waals surface area contributed by atoms with E-state index in [1.807, 2.05) is 6.92 Å². The summed E-state index contributed by atoms with van der Waals surface area (Å²) in [7, 11) is 0. The third-order valence-corrected chi connectivity index (χ3v) is 5.62. The van der Waals surface area contributed by atoms with Crippen LogP contribution in [0, 0.1) is 31.6 Å². The van der Waals surface area contributed by atoms with Gasteiger partial charge in [-0.1, -0.05) is 5.92 Å². The van der Waals surface area contributed by atoms with E-state index in [-0.39, 0.29) is 18.5 Å². The average Bonchev–Trinajstić information content (AvgIpc) is 2.81. The molecule has 0 saturated heterocycles. The molecule has 3 rings (SSSR count). The van der Waals surface area contributed by atoms with Crippen LogP contribution in [0.15, 0.2) is 35.1 Å². The summed E-state index contributed by atoms with van der Waals surface area (Å²) in [5.74, 6) is -1.28. The summed E-state index contributed by atoms with van der Waals surface area (Å²) in [6.07, 6.45) is -0.821. The molecule has 1 amide bonds. The first-order chi connectivity index (χ1) is 17.5. The van der Waals surface area contributed by atoms with Crippen molar-refractivity contribution >= 4 is 34.4 Å². The minimum absolute atomic E-state index is 0.206. The molecule has 1 aromatic heterocycles. The Morgan fingerprint density at radius 3 is 2.54 bits per heavy atom. The summed E-state index contributed by atoms with van der Waals surface area (Å²) in [5.41, 5.74) is 1.83. The molecule has 11 heteroatoms. The number of hydrogen-bond donors (Lipinski definition) is 4. The third kappa shape index (κ3) is 6.49. The number of halogens is 1. The third-order valence-electron chi connectivity index (χ3n) is 5.62. The lowest BCUT2D eigenvalue weighted by Gasteiger charge is -2.20. The molecule has 3 aromatic rings. The molecular formula is C26H25FN4O6. The monoisotopic (exact) mass is 508 g/mol. The largest absolute Gasteiger partial charge is 0.481 e. The Labute approximate surface area is 211 Å². The van der Waals surface area contributed by atoms with Crippen LogP contribution in [0.3, 0.4) is 0 Å². The Hall–Kier alpha value is -4.72. The summed E-state index contributed by atoms with van der Waals surface area (Å²) in [6, 6.07) is 8.66. The predicted octanol–water partition coefficient (Wildman–Crippen LogP) is 2.71. The molecule has 0 aliphatic rings. The standard InChI is InChI=1S/C26H25FN4O6/c1-4-9-31(13-16-11-19-22(10-14(16)2)28-15(3)29-25(19)35)17-5-6-18(20(27)12-17)24(34)30-21(26(36)37)7-8-23(32)33/h5-6,10-12,21H,7-8,13H2,1-3H3,(H,30,34)(H,32,33)(H,36,37)(H,28,29,35)/t21-/m0/s1. The first-order valence-corrected chi connectivity index (χ1v) is 11.2. The van der Waals surface area contributed by atoms with Crippen molar-refractivity contribution < 1.29 is 29.0 Å². The van der Waals surface area contributed by atoms with Crippen LogP contribution in [0.2, 0.25) is 0 Å². The summed E-state index contributed by atoms with van der Waals surface area (Å²) >= 11 is 0. The van der Waals surface area contributed by atoms with Gasteiger partial charge >= 0.3 is 11.9 Å². The molecule has 0 saturated carbocycles. The molecule has 0 aliphatic heterocycles. The maximum atomic E-state index is 15.0. The van der Waals surface area contributed by atoms with Crippen LogP contribution in [0.5, 0.6) is 0 Å². The molecule has 4 N–H and O–H groups in total. The number of aromatic amines is 1. The van der Waals surface area contributed by atoms with Crippen LogP contribution in [-0.4, -0.2) is 44.1 Å². The van der Waals surface area contributed by atoms with Gasteiger partial charge in [-0.25, -0.2) is 14.2 Å². The van der Waals surface area contributed by atoms with E-state index in [2.05, 4.69) is 27.2 Å². The van der Waals surface area contributed by atoms with E-state index in [1.54, 1.807) is 30.9 Å². The number of amides is 1. The fourth-order valence-electron chi connectivity index (χ4n) is 3.74. The van der Waals surface area contributed by atoms with Crippen LogP contribution in [-0.2, 0) is 16.1 Å². The van der Waals surface area contributed by atoms with Crippen molar-refractivity contribution in [2.24, 2.45) is 0 Å². The van der Waals surface area contributed by atoms with E-state index in [9.17, 15) is 28.7 Å². The highest BCUT2D eigenvalue weighted by molar-refractivity contribution is 5.97. The Morgan fingerprint density at radius 1 is 1.19 bits per heavy atom. The predicted molar refractivity (Wildman–Crippen MR) is 134 cm³/mol. The second-order valence-electron chi connectivity index (χ2n) is 8.36. The molecule has 0 unspecified atom stereocenters. The number of hydrogen-bond acceptors (Lipinski definition) is 6. The van der Waals surface area contributed by atoms with E-state index >= 15 is 0 Å². The number of carboxylic acid groups (broad SMARTS) is 2. The molecule has 2 aromatic carbocycles. The maximum Gasteiger partial charge on any atom is 0.326 e. The van der Waals surface area contributed by atoms with Crippen molar-refractivity contribution in [3.05, 3.63) is 69.0 Å². The number of carbonyl (C=O) groups is 3. The average molecular weight is 509 g/mol. The lowest BCUT2D eigenvalue weighted by molar-refractivity contribution is -0.140. The SMILES string of the molecule is CC#CN(Cc1cc2c(=O)[nH]c(C)nc2cc1C)c1ccc(C(=O)N[C@@H](CCC(=O)O)C(=O)O)c(F)c1. The number of benzene rings is 2. The Morgan fingerprint density at radius 2 is 1.92 bits per heavy atom. The van der Waals surface area contributed by atoms with Crippen molar-refractivity contribution in [3.63, 3.8) is 0 Å². The quantitative estimate of drug-likeness (QED) is 0.254. The first-order valence-electron chi connectivity index (χ1n) is 11.2. The topological polar surface area (TPSA) is 153 Å². The zero-order chi connectivity index (χ0) is 27.3. The first kappa shape index (κ1) is 26.9. The van der Waals surface area contributed by atoms with Crippen LogP contribution in [0.4, 0.5) is 10.1 Å². The number of aryl methyl sites for hydroxylation is 2. The minimum Gasteiger partial charge on any atom is -0.481 e. The number of aliphatic carboxylic acids is 2. The highest BCUT2D eigenvalue weighted by atomic mass is 19.1. The number of nitrogens with one attached hydrogen (secondary N) is 2. The van der Waals surface area contributed by atoms with Gasteiger partial charge in [-0.3, -0.25) is 19.3 Å². The van der Waals surface area contributed by atoms with E-state index in [4.69, 9.17) is 5.11 Å². The molecule has 1 atom stereocenters. The Bertz CT molecular complexity index is 1500. The van der Waals surface area contributed by atoms with Crippen molar-refractivity contribution in [3.8, 4) is 12.0 Å². The summed E-state index contributed by atoms with van der Waals surface area (Å²) in [4.78, 5) is 55.6. The maximum absolute atomic E-state index is 15.0. The van der Waals surface area contributed by atoms with Gasteiger partial charge in [-0.15, -0.1) is 0 Å². The van der Waals surface area contributed by atoms with E-state index in [0.29, 0.717) is 22.4 Å². The van der Waals surface area contributed by atoms with Gasteiger partial charge in [0.1, 0.15) is 17.7 Å². The molecule has 0 fully saturated rings. The van der Waals surface area contributed by atoms with Gasteiger partial charge in [-0.2, -0.15) is 0 Å². The van der Waals surface area contributed by atoms with Crippen LogP contribution in [0.25, 0.3) is 10.9 Å². The van der Waals surface area contributed by atoms with Gasteiger partial charge < -0.3 is 20.5 Å². The fraction of sp³-hybridized carbons (Fsp3) is 0.269. The second-order valence-corrected chi connectivity index (χ2v) is 8.36. The number of H-pyrrole nitrogens is 1. The summed E-state index contributed by atoms with van der Waals surface area (Å²) < 4.78 is 15.0. The van der Waals surface area contributed by atoms with Gasteiger partial charge in [-0.05, 0) is 68.7 Å². The lowest BCUT2D eigenvalue weighted by atomic mass is 10.0. The van der Waals surface area contributed by atoms with E-state index < -0.39 is 41.7 Å². The minimum atomic E-state index is -1.48.